The van der Waals surface area contributed by atoms with Crippen LogP contribution in [0.15, 0.2) is 41.2 Å². The molecule has 1 unspecified atom stereocenters. The number of rotatable bonds is 2. The van der Waals surface area contributed by atoms with Crippen LogP contribution in [-0.2, 0) is 19.4 Å². The van der Waals surface area contributed by atoms with E-state index in [1.54, 1.807) is 18.2 Å². The van der Waals surface area contributed by atoms with Gasteiger partial charge in [0.25, 0.3) is 5.91 Å². The second-order valence-electron chi connectivity index (χ2n) is 5.45. The first kappa shape index (κ1) is 15.4. The third-order valence-electron chi connectivity index (χ3n) is 4.19. The summed E-state index contributed by atoms with van der Waals surface area (Å²) in [5.74, 6) is -1.92. The molecule has 1 N–H and O–H groups in total. The molecule has 0 radical (unpaired) electrons. The molecule has 0 aromatic carbocycles. The summed E-state index contributed by atoms with van der Waals surface area (Å²) in [5, 5.41) is 7.11. The minimum Gasteiger partial charge on any atom is -0.477 e. The molecule has 23 heavy (non-hydrogen) atoms. The van der Waals surface area contributed by atoms with Crippen molar-refractivity contribution in [3.63, 3.8) is 0 Å². The van der Waals surface area contributed by atoms with Crippen LogP contribution in [0.3, 0.4) is 0 Å². The molecule has 3 heterocycles. The van der Waals surface area contributed by atoms with E-state index >= 15 is 0 Å². The van der Waals surface area contributed by atoms with Crippen LogP contribution in [0.4, 0.5) is 0 Å². The molecule has 2 aliphatic heterocycles. The largest absolute Gasteiger partial charge is 0.477 e. The van der Waals surface area contributed by atoms with Crippen molar-refractivity contribution in [1.29, 1.82) is 0 Å². The van der Waals surface area contributed by atoms with E-state index < -0.39 is 32.3 Å². The number of carbonyl (C=O) groups excluding carboxylic acids is 1. The van der Waals surface area contributed by atoms with E-state index in [4.69, 9.17) is 0 Å². The SMILES string of the molecule is CC1=C(C(=O)O)N2C(=O)/C(=C/c3ccccn3)[C@H]2S(=O)(=O)C1C. The number of aliphatic carboxylic acids is 1. The second-order valence-corrected chi connectivity index (χ2v) is 7.78. The van der Waals surface area contributed by atoms with E-state index in [1.807, 2.05) is 0 Å². The number of sulfone groups is 1. The molecule has 1 saturated heterocycles. The maximum Gasteiger partial charge on any atom is 0.352 e. The standard InChI is InChI=1S/C15H14N2O5S/c1-8-9(2)23(21,22)14-11(7-10-5-3-4-6-16-10)13(18)17(14)12(8)15(19)20/h3-7,9,14H,1-2H3,(H,19,20)/b11-7-/t9?,14-/m1/s1. The van der Waals surface area contributed by atoms with E-state index in [-0.39, 0.29) is 16.8 Å². The van der Waals surface area contributed by atoms with Crippen molar-refractivity contribution in [1.82, 2.24) is 9.88 Å². The molecule has 1 fully saturated rings. The first-order valence-corrected chi connectivity index (χ1v) is 8.50. The number of pyridine rings is 1. The van der Waals surface area contributed by atoms with Crippen molar-refractivity contribution in [2.75, 3.05) is 0 Å². The number of carbonyl (C=O) groups is 2. The Morgan fingerprint density at radius 1 is 1.39 bits per heavy atom. The zero-order chi connectivity index (χ0) is 16.9. The molecule has 1 aromatic rings. The minimum absolute atomic E-state index is 0.0433. The van der Waals surface area contributed by atoms with Crippen molar-refractivity contribution in [3.05, 3.63) is 46.9 Å². The lowest BCUT2D eigenvalue weighted by molar-refractivity contribution is -0.141. The van der Waals surface area contributed by atoms with Gasteiger partial charge in [-0.2, -0.15) is 0 Å². The Kier molecular flexibility index (Phi) is 3.36. The minimum atomic E-state index is -3.73. The summed E-state index contributed by atoms with van der Waals surface area (Å²) >= 11 is 0. The fraction of sp³-hybridized carbons (Fsp3) is 0.267. The van der Waals surface area contributed by atoms with Gasteiger partial charge >= 0.3 is 5.97 Å². The molecule has 0 saturated carbocycles. The van der Waals surface area contributed by atoms with Gasteiger partial charge in [-0.3, -0.25) is 14.7 Å². The van der Waals surface area contributed by atoms with Gasteiger partial charge < -0.3 is 5.11 Å². The molecule has 0 bridgehead atoms. The van der Waals surface area contributed by atoms with E-state index in [2.05, 4.69) is 4.98 Å². The number of β-lactam (4-membered cyclic amide) rings is 1. The summed E-state index contributed by atoms with van der Waals surface area (Å²) in [6, 6.07) is 5.05. The zero-order valence-corrected chi connectivity index (χ0v) is 13.2. The second kappa shape index (κ2) is 5.02. The fourth-order valence-corrected chi connectivity index (χ4v) is 4.82. The van der Waals surface area contributed by atoms with Gasteiger partial charge in [0.05, 0.1) is 16.5 Å². The third kappa shape index (κ3) is 2.09. The van der Waals surface area contributed by atoms with Crippen LogP contribution in [0.2, 0.25) is 0 Å². The molecule has 7 nitrogen and oxygen atoms in total. The van der Waals surface area contributed by atoms with Gasteiger partial charge in [-0.1, -0.05) is 6.07 Å². The number of carboxylic acids is 1. The van der Waals surface area contributed by atoms with Crippen LogP contribution in [0.1, 0.15) is 19.5 Å². The Balaban J connectivity index is 2.15. The number of hydrogen-bond donors (Lipinski definition) is 1. The van der Waals surface area contributed by atoms with Gasteiger partial charge in [0.15, 0.2) is 15.2 Å². The summed E-state index contributed by atoms with van der Waals surface area (Å²) in [7, 11) is -3.73. The van der Waals surface area contributed by atoms with Crippen LogP contribution in [0, 0.1) is 0 Å². The molecule has 0 aliphatic carbocycles. The Morgan fingerprint density at radius 2 is 2.09 bits per heavy atom. The van der Waals surface area contributed by atoms with Crippen molar-refractivity contribution in [3.8, 4) is 0 Å². The molecule has 3 rings (SSSR count). The number of aromatic nitrogens is 1. The molecule has 2 aliphatic rings. The quantitative estimate of drug-likeness (QED) is 0.634. The molecular weight excluding hydrogens is 320 g/mol. The van der Waals surface area contributed by atoms with Crippen LogP contribution in [0.25, 0.3) is 6.08 Å². The van der Waals surface area contributed by atoms with Crippen LogP contribution < -0.4 is 0 Å². The smallest absolute Gasteiger partial charge is 0.352 e. The number of nitrogens with zero attached hydrogens (tertiary/aromatic N) is 2. The van der Waals surface area contributed by atoms with Crippen molar-refractivity contribution < 1.29 is 23.1 Å². The topological polar surface area (TPSA) is 105 Å². The van der Waals surface area contributed by atoms with E-state index in [0.29, 0.717) is 5.69 Å². The number of hydrogen-bond acceptors (Lipinski definition) is 5. The maximum absolute atomic E-state index is 12.6. The Hall–Kier alpha value is -2.48. The zero-order valence-electron chi connectivity index (χ0n) is 12.4. The molecule has 2 atom stereocenters. The molecular formula is C15H14N2O5S. The van der Waals surface area contributed by atoms with Crippen molar-refractivity contribution >= 4 is 27.8 Å². The van der Waals surface area contributed by atoms with E-state index in [9.17, 15) is 23.1 Å². The van der Waals surface area contributed by atoms with Gasteiger partial charge in [0, 0.05) is 6.20 Å². The highest BCUT2D eigenvalue weighted by Gasteiger charge is 2.58. The lowest BCUT2D eigenvalue weighted by atomic mass is 10.00. The van der Waals surface area contributed by atoms with Gasteiger partial charge in [-0.05, 0) is 37.6 Å². The normalized spacial score (nSPS) is 27.7. The highest BCUT2D eigenvalue weighted by molar-refractivity contribution is 7.93. The third-order valence-corrected chi connectivity index (χ3v) is 6.61. The Bertz CT molecular complexity index is 870. The predicted octanol–water partition coefficient (Wildman–Crippen LogP) is 0.809. The van der Waals surface area contributed by atoms with Crippen LogP contribution in [0.5, 0.6) is 0 Å². The highest BCUT2D eigenvalue weighted by atomic mass is 32.2. The monoisotopic (exact) mass is 334 g/mol. The van der Waals surface area contributed by atoms with Gasteiger partial charge in [-0.15, -0.1) is 0 Å². The summed E-state index contributed by atoms with van der Waals surface area (Å²) < 4.78 is 25.2. The lowest BCUT2D eigenvalue weighted by Crippen LogP contribution is -2.63. The van der Waals surface area contributed by atoms with Crippen LogP contribution >= 0.6 is 0 Å². The first-order chi connectivity index (χ1) is 10.8. The number of carboxylic acid groups (broad SMARTS) is 1. The average molecular weight is 334 g/mol. The van der Waals surface area contributed by atoms with Gasteiger partial charge in [-0.25, -0.2) is 13.2 Å². The van der Waals surface area contributed by atoms with Crippen LogP contribution in [-0.4, -0.2) is 45.9 Å². The maximum atomic E-state index is 12.6. The number of amides is 1. The first-order valence-electron chi connectivity index (χ1n) is 6.89. The summed E-state index contributed by atoms with van der Waals surface area (Å²) in [4.78, 5) is 28.7. The number of fused-ring (bicyclic) bond motifs is 1. The van der Waals surface area contributed by atoms with E-state index in [0.717, 1.165) is 4.90 Å². The summed E-state index contributed by atoms with van der Waals surface area (Å²) in [6.07, 6.45) is 2.92. The Morgan fingerprint density at radius 3 is 2.65 bits per heavy atom. The molecule has 1 amide bonds. The van der Waals surface area contributed by atoms with Gasteiger partial charge in [0.2, 0.25) is 0 Å². The van der Waals surface area contributed by atoms with Crippen molar-refractivity contribution in [2.24, 2.45) is 0 Å². The summed E-state index contributed by atoms with van der Waals surface area (Å²) in [6.45, 7) is 2.86. The highest BCUT2D eigenvalue weighted by Crippen LogP contribution is 2.43. The lowest BCUT2D eigenvalue weighted by Gasteiger charge is -2.47. The molecule has 1 aromatic heterocycles. The van der Waals surface area contributed by atoms with E-state index in [1.165, 1.54) is 26.1 Å². The molecule has 0 spiro atoms. The van der Waals surface area contributed by atoms with Crippen molar-refractivity contribution in [2.45, 2.75) is 24.5 Å². The van der Waals surface area contributed by atoms with Gasteiger partial charge in [0.1, 0.15) is 5.70 Å². The fourth-order valence-electron chi connectivity index (χ4n) is 2.81. The average Bonchev–Trinajstić information content (AvgIpc) is 2.51. The summed E-state index contributed by atoms with van der Waals surface area (Å²) in [5.41, 5.74) is 0.405. The molecule has 120 valence electrons. The predicted molar refractivity (Wildman–Crippen MR) is 81.6 cm³/mol. The molecule has 8 heteroatoms. The Labute approximate surface area is 132 Å².